The van der Waals surface area contributed by atoms with E-state index in [4.69, 9.17) is 5.73 Å². The van der Waals surface area contributed by atoms with Crippen molar-refractivity contribution in [3.05, 3.63) is 48.0 Å². The van der Waals surface area contributed by atoms with Gasteiger partial charge in [-0.15, -0.1) is 0 Å². The maximum absolute atomic E-state index is 12.7. The predicted molar refractivity (Wildman–Crippen MR) is 106 cm³/mol. The van der Waals surface area contributed by atoms with Gasteiger partial charge in [-0.05, 0) is 56.3 Å². The van der Waals surface area contributed by atoms with Crippen LogP contribution in [0, 0.1) is 0 Å². The lowest BCUT2D eigenvalue weighted by atomic mass is 10.2. The lowest BCUT2D eigenvalue weighted by Gasteiger charge is -2.12. The standard InChI is InChI=1S/C17H17F3N4O4S2/c1-10(2)30(27,28)24-15-8-5-12(9-14(15)22-16(24)21)23-29(25,26)13-6-3-11(4-7-13)17(18,19)20/h3-10,23H,1-2H3,(H2,21,22). The fourth-order valence-corrected chi connectivity index (χ4v) is 4.86. The number of sulfonamides is 1. The minimum Gasteiger partial charge on any atom is -0.368 e. The van der Waals surface area contributed by atoms with Crippen LogP contribution in [0.3, 0.4) is 0 Å². The SMILES string of the molecule is CC(C)S(=O)(=O)n1c(N)nc2cc(NS(=O)(=O)c3ccc(C(F)(F)F)cc3)ccc21. The first kappa shape index (κ1) is 21.9. The van der Waals surface area contributed by atoms with E-state index in [-0.39, 0.29) is 27.6 Å². The maximum Gasteiger partial charge on any atom is 0.416 e. The highest BCUT2D eigenvalue weighted by Crippen LogP contribution is 2.30. The van der Waals surface area contributed by atoms with E-state index in [1.807, 2.05) is 0 Å². The van der Waals surface area contributed by atoms with Crippen LogP contribution in [0.5, 0.6) is 0 Å². The lowest BCUT2D eigenvalue weighted by molar-refractivity contribution is -0.137. The number of halogens is 3. The zero-order valence-corrected chi connectivity index (χ0v) is 17.3. The summed E-state index contributed by atoms with van der Waals surface area (Å²) in [6.45, 7) is 2.96. The summed E-state index contributed by atoms with van der Waals surface area (Å²) >= 11 is 0. The number of nitrogen functional groups attached to an aromatic ring is 1. The van der Waals surface area contributed by atoms with Gasteiger partial charge in [0.15, 0.2) is 0 Å². The Labute approximate surface area is 170 Å². The normalized spacial score (nSPS) is 13.1. The topological polar surface area (TPSA) is 124 Å². The molecule has 0 aliphatic rings. The summed E-state index contributed by atoms with van der Waals surface area (Å²) < 4.78 is 91.0. The third kappa shape index (κ3) is 3.94. The van der Waals surface area contributed by atoms with Crippen LogP contribution in [0.2, 0.25) is 0 Å². The Morgan fingerprint density at radius 2 is 1.63 bits per heavy atom. The predicted octanol–water partition coefficient (Wildman–Crippen LogP) is 3.02. The molecular weight excluding hydrogens is 445 g/mol. The second-order valence-electron chi connectivity index (χ2n) is 6.66. The highest BCUT2D eigenvalue weighted by Gasteiger charge is 2.31. The highest BCUT2D eigenvalue weighted by molar-refractivity contribution is 7.92. The molecule has 162 valence electrons. The number of benzene rings is 2. The molecule has 0 unspecified atom stereocenters. The van der Waals surface area contributed by atoms with E-state index in [9.17, 15) is 30.0 Å². The van der Waals surface area contributed by atoms with E-state index in [2.05, 4.69) is 9.71 Å². The monoisotopic (exact) mass is 462 g/mol. The number of rotatable bonds is 5. The molecule has 2 aromatic carbocycles. The van der Waals surface area contributed by atoms with Gasteiger partial charge < -0.3 is 5.73 Å². The number of nitrogens with zero attached hydrogens (tertiary/aromatic N) is 2. The summed E-state index contributed by atoms with van der Waals surface area (Å²) in [6.07, 6.45) is -4.59. The molecule has 1 heterocycles. The van der Waals surface area contributed by atoms with Crippen LogP contribution < -0.4 is 10.5 Å². The number of alkyl halides is 3. The number of nitrogens with one attached hydrogen (secondary N) is 1. The largest absolute Gasteiger partial charge is 0.416 e. The Morgan fingerprint density at radius 1 is 1.03 bits per heavy atom. The molecule has 0 aliphatic heterocycles. The number of imidazole rings is 1. The summed E-state index contributed by atoms with van der Waals surface area (Å²) in [5.74, 6) is -0.276. The molecule has 3 N–H and O–H groups in total. The van der Waals surface area contributed by atoms with Gasteiger partial charge in [0.25, 0.3) is 10.0 Å². The van der Waals surface area contributed by atoms with Crippen molar-refractivity contribution in [3.8, 4) is 0 Å². The molecule has 0 atom stereocenters. The van der Waals surface area contributed by atoms with Gasteiger partial charge in [-0.25, -0.2) is 25.8 Å². The molecule has 3 aromatic rings. The van der Waals surface area contributed by atoms with E-state index in [1.165, 1.54) is 32.0 Å². The first-order chi connectivity index (χ1) is 13.7. The number of hydrogen-bond acceptors (Lipinski definition) is 6. The molecular formula is C17H17F3N4O4S2. The van der Waals surface area contributed by atoms with Gasteiger partial charge in [0.05, 0.1) is 32.4 Å². The van der Waals surface area contributed by atoms with Gasteiger partial charge in [-0.3, -0.25) is 4.72 Å². The molecule has 8 nitrogen and oxygen atoms in total. The minimum absolute atomic E-state index is 0.0361. The van der Waals surface area contributed by atoms with Crippen molar-refractivity contribution >= 4 is 42.7 Å². The number of aromatic nitrogens is 2. The van der Waals surface area contributed by atoms with Crippen LogP contribution in [-0.2, 0) is 26.2 Å². The number of fused-ring (bicyclic) bond motifs is 1. The average molecular weight is 462 g/mol. The molecule has 0 saturated carbocycles. The van der Waals surface area contributed by atoms with Crippen molar-refractivity contribution in [2.75, 3.05) is 10.5 Å². The van der Waals surface area contributed by atoms with Crippen molar-refractivity contribution < 1.29 is 30.0 Å². The Balaban J connectivity index is 1.96. The molecule has 13 heteroatoms. The molecule has 3 rings (SSSR count). The third-order valence-electron chi connectivity index (χ3n) is 4.23. The Morgan fingerprint density at radius 3 is 2.17 bits per heavy atom. The van der Waals surface area contributed by atoms with Crippen molar-refractivity contribution in [1.29, 1.82) is 0 Å². The first-order valence-electron chi connectivity index (χ1n) is 8.46. The summed E-state index contributed by atoms with van der Waals surface area (Å²) in [7, 11) is -7.99. The molecule has 30 heavy (non-hydrogen) atoms. The lowest BCUT2D eigenvalue weighted by Crippen LogP contribution is -2.23. The second kappa shape index (κ2) is 7.16. The van der Waals surface area contributed by atoms with E-state index in [0.29, 0.717) is 12.1 Å². The van der Waals surface area contributed by atoms with Gasteiger partial charge >= 0.3 is 6.18 Å². The van der Waals surface area contributed by atoms with E-state index in [1.54, 1.807) is 0 Å². The van der Waals surface area contributed by atoms with Crippen LogP contribution in [0.15, 0.2) is 47.4 Å². The molecule has 1 aromatic heterocycles. The number of hydrogen-bond donors (Lipinski definition) is 2. The van der Waals surface area contributed by atoms with Gasteiger partial charge in [0.1, 0.15) is 0 Å². The fraction of sp³-hybridized carbons (Fsp3) is 0.235. The van der Waals surface area contributed by atoms with E-state index < -0.39 is 37.0 Å². The van der Waals surface area contributed by atoms with Gasteiger partial charge in [0, 0.05) is 0 Å². The van der Waals surface area contributed by atoms with Crippen molar-refractivity contribution in [2.24, 2.45) is 0 Å². The zero-order valence-electron chi connectivity index (χ0n) is 15.7. The van der Waals surface area contributed by atoms with E-state index in [0.717, 1.165) is 16.1 Å². The van der Waals surface area contributed by atoms with E-state index >= 15 is 0 Å². The van der Waals surface area contributed by atoms with Gasteiger partial charge in [-0.2, -0.15) is 13.2 Å². The van der Waals surface area contributed by atoms with Crippen molar-refractivity contribution in [2.45, 2.75) is 30.2 Å². The van der Waals surface area contributed by atoms with Crippen molar-refractivity contribution in [1.82, 2.24) is 8.96 Å². The molecule has 0 fully saturated rings. The molecule has 0 aliphatic carbocycles. The zero-order chi connectivity index (χ0) is 22.5. The van der Waals surface area contributed by atoms with Crippen LogP contribution in [0.25, 0.3) is 11.0 Å². The third-order valence-corrected chi connectivity index (χ3v) is 7.71. The summed E-state index contributed by atoms with van der Waals surface area (Å²) in [4.78, 5) is 3.59. The van der Waals surface area contributed by atoms with Crippen LogP contribution in [0.4, 0.5) is 24.8 Å². The van der Waals surface area contributed by atoms with Gasteiger partial charge in [-0.1, -0.05) is 0 Å². The molecule has 0 radical (unpaired) electrons. The Kier molecular flexibility index (Phi) is 5.23. The van der Waals surface area contributed by atoms with Crippen LogP contribution >= 0.6 is 0 Å². The molecule has 0 spiro atoms. The second-order valence-corrected chi connectivity index (χ2v) is 10.7. The summed E-state index contributed by atoms with van der Waals surface area (Å²) in [6, 6.07) is 6.92. The first-order valence-corrected chi connectivity index (χ1v) is 11.4. The van der Waals surface area contributed by atoms with Crippen LogP contribution in [-0.4, -0.2) is 31.0 Å². The van der Waals surface area contributed by atoms with Gasteiger partial charge in [0.2, 0.25) is 16.0 Å². The van der Waals surface area contributed by atoms with Crippen molar-refractivity contribution in [3.63, 3.8) is 0 Å². The molecule has 0 bridgehead atoms. The minimum atomic E-state index is -4.59. The van der Waals surface area contributed by atoms with Crippen LogP contribution in [0.1, 0.15) is 19.4 Å². The smallest absolute Gasteiger partial charge is 0.368 e. The summed E-state index contributed by atoms with van der Waals surface area (Å²) in [5, 5.41) is -0.768. The average Bonchev–Trinajstić information content (AvgIpc) is 2.96. The molecule has 0 amide bonds. The Bertz CT molecular complexity index is 1310. The number of nitrogens with two attached hydrogens (primary N) is 1. The Hall–Kier alpha value is -2.80. The maximum atomic E-state index is 12.7. The molecule has 0 saturated heterocycles. The highest BCUT2D eigenvalue weighted by atomic mass is 32.2. The summed E-state index contributed by atoms with van der Waals surface area (Å²) in [5.41, 5.74) is 5.09. The fourth-order valence-electron chi connectivity index (χ4n) is 2.66. The number of anilines is 2. The quantitative estimate of drug-likeness (QED) is 0.601.